The van der Waals surface area contributed by atoms with Crippen LogP contribution in [0.1, 0.15) is 34.6 Å². The lowest BCUT2D eigenvalue weighted by molar-refractivity contribution is -0.298. The molecule has 10 nitrogen and oxygen atoms in total. The van der Waals surface area contributed by atoms with E-state index in [1.807, 2.05) is 0 Å². The van der Waals surface area contributed by atoms with Gasteiger partial charge in [-0.15, -0.1) is 0 Å². The number of hydrogen-bond donors (Lipinski definition) is 1. The van der Waals surface area contributed by atoms with Gasteiger partial charge in [0.2, 0.25) is 11.8 Å². The number of rotatable bonds is 4. The van der Waals surface area contributed by atoms with Crippen LogP contribution in [0.2, 0.25) is 0 Å². The molecule has 0 aliphatic carbocycles. The van der Waals surface area contributed by atoms with Gasteiger partial charge in [0.15, 0.2) is 22.1 Å². The number of ether oxygens (including phenoxy) is 5. The average molecular weight is 539 g/mol. The van der Waals surface area contributed by atoms with E-state index < -0.39 is 29.0 Å². The molecule has 196 valence electrons. The second-order valence-corrected chi connectivity index (χ2v) is 9.70. The van der Waals surface area contributed by atoms with Gasteiger partial charge in [0.05, 0.1) is 43.6 Å². The number of nitrogens with zero attached hydrogens (tertiary/aromatic N) is 3. The minimum Gasteiger partial charge on any atom is -0.480 e. The van der Waals surface area contributed by atoms with E-state index in [4.69, 9.17) is 23.7 Å². The molecule has 2 aliphatic rings. The molecule has 0 atom stereocenters. The molecule has 0 saturated carbocycles. The van der Waals surface area contributed by atoms with E-state index in [-0.39, 0.29) is 41.4 Å². The number of fused-ring (bicyclic) bond motifs is 4. The maximum absolute atomic E-state index is 13.4. The number of anilines is 1. The van der Waals surface area contributed by atoms with Crippen molar-refractivity contribution in [2.75, 3.05) is 32.8 Å². The predicted octanol–water partition coefficient (Wildman–Crippen LogP) is 4.26. The SMILES string of the molecule is COc1ncnc(OC)c1C(=O)Nc1nc2c(s1)C1(COC(C)(C)OC1)Oc1cc(C(F)(F)F)ccc1-2. The second kappa shape index (κ2) is 8.82. The zero-order chi connectivity index (χ0) is 26.6. The Morgan fingerprint density at radius 3 is 2.35 bits per heavy atom. The van der Waals surface area contributed by atoms with Crippen LogP contribution in [0, 0.1) is 0 Å². The fraction of sp³-hybridized carbons (Fsp3) is 0.391. The van der Waals surface area contributed by atoms with Crippen LogP contribution >= 0.6 is 11.3 Å². The lowest BCUT2D eigenvalue weighted by Crippen LogP contribution is -2.53. The van der Waals surface area contributed by atoms with E-state index in [1.165, 1.54) is 26.6 Å². The molecular weight excluding hydrogens is 517 g/mol. The number of thiazole rings is 1. The van der Waals surface area contributed by atoms with E-state index in [0.717, 1.165) is 23.5 Å². The first-order valence-corrected chi connectivity index (χ1v) is 11.7. The van der Waals surface area contributed by atoms with Crippen molar-refractivity contribution in [1.29, 1.82) is 0 Å². The predicted molar refractivity (Wildman–Crippen MR) is 124 cm³/mol. The second-order valence-electron chi connectivity index (χ2n) is 8.70. The first-order chi connectivity index (χ1) is 17.5. The van der Waals surface area contributed by atoms with Crippen LogP contribution in [-0.2, 0) is 21.3 Å². The molecule has 1 aromatic carbocycles. The molecule has 1 N–H and O–H groups in total. The Morgan fingerprint density at radius 2 is 1.76 bits per heavy atom. The zero-order valence-electron chi connectivity index (χ0n) is 20.1. The summed E-state index contributed by atoms with van der Waals surface area (Å²) in [5.41, 5.74) is -1.49. The van der Waals surface area contributed by atoms with Crippen molar-refractivity contribution in [3.8, 4) is 28.8 Å². The summed E-state index contributed by atoms with van der Waals surface area (Å²) in [7, 11) is 2.69. The highest BCUT2D eigenvalue weighted by Crippen LogP contribution is 2.51. The molecule has 0 radical (unpaired) electrons. The summed E-state index contributed by atoms with van der Waals surface area (Å²) in [4.78, 5) is 26.1. The van der Waals surface area contributed by atoms with Gasteiger partial charge in [-0.2, -0.15) is 13.2 Å². The quantitative estimate of drug-likeness (QED) is 0.521. The summed E-state index contributed by atoms with van der Waals surface area (Å²) in [5.74, 6) is -1.60. The van der Waals surface area contributed by atoms with Crippen molar-refractivity contribution in [2.45, 2.75) is 31.4 Å². The first-order valence-electron chi connectivity index (χ1n) is 10.9. The Labute approximate surface area is 212 Å². The highest BCUT2D eigenvalue weighted by Gasteiger charge is 2.50. The number of amides is 1. The number of alkyl halides is 3. The molecule has 0 bridgehead atoms. The number of methoxy groups -OCH3 is 2. The summed E-state index contributed by atoms with van der Waals surface area (Å²) in [6.45, 7) is 3.43. The minimum atomic E-state index is -4.57. The zero-order valence-corrected chi connectivity index (χ0v) is 20.9. The fourth-order valence-corrected chi connectivity index (χ4v) is 5.04. The van der Waals surface area contributed by atoms with E-state index in [0.29, 0.717) is 16.1 Å². The van der Waals surface area contributed by atoms with E-state index in [9.17, 15) is 18.0 Å². The standard InChI is InChI=1S/C23H21F3N4O6S/c1-21(2)34-8-22(9-35-21)16-15(12-6-5-11(23(24,25)26)7-13(12)36-22)29-20(37-16)30-17(31)14-18(32-3)27-10-28-19(14)33-4/h5-7,10H,8-9H2,1-4H3,(H,29,30,31). The molecule has 1 fully saturated rings. The summed E-state index contributed by atoms with van der Waals surface area (Å²) in [6.07, 6.45) is -3.38. The summed E-state index contributed by atoms with van der Waals surface area (Å²) < 4.78 is 68.4. The summed E-state index contributed by atoms with van der Waals surface area (Å²) in [6, 6.07) is 3.17. The Balaban J connectivity index is 1.57. The van der Waals surface area contributed by atoms with Crippen LogP contribution < -0.4 is 19.5 Å². The van der Waals surface area contributed by atoms with Gasteiger partial charge >= 0.3 is 6.18 Å². The molecule has 3 aromatic rings. The van der Waals surface area contributed by atoms with Gasteiger partial charge in [-0.25, -0.2) is 15.0 Å². The molecule has 1 amide bonds. The smallest absolute Gasteiger partial charge is 0.416 e. The van der Waals surface area contributed by atoms with Gasteiger partial charge in [-0.3, -0.25) is 10.1 Å². The Hall–Kier alpha value is -3.49. The number of halogens is 3. The molecule has 4 heterocycles. The molecule has 2 aliphatic heterocycles. The van der Waals surface area contributed by atoms with Crippen LogP contribution in [0.4, 0.5) is 18.3 Å². The fourth-order valence-electron chi connectivity index (χ4n) is 3.97. The highest BCUT2D eigenvalue weighted by atomic mass is 32.1. The molecular formula is C23H21F3N4O6S. The Bertz CT molecular complexity index is 1340. The highest BCUT2D eigenvalue weighted by molar-refractivity contribution is 7.16. The number of aromatic nitrogens is 3. The molecule has 37 heavy (non-hydrogen) atoms. The summed E-state index contributed by atoms with van der Waals surface area (Å²) >= 11 is 1.09. The maximum atomic E-state index is 13.4. The normalized spacial score (nSPS) is 17.4. The Kier molecular flexibility index (Phi) is 6.00. The van der Waals surface area contributed by atoms with Gasteiger partial charge in [-0.05, 0) is 32.0 Å². The summed E-state index contributed by atoms with van der Waals surface area (Å²) in [5, 5.41) is 2.84. The maximum Gasteiger partial charge on any atom is 0.416 e. The third-order valence-electron chi connectivity index (χ3n) is 5.83. The largest absolute Gasteiger partial charge is 0.480 e. The molecule has 1 saturated heterocycles. The van der Waals surface area contributed by atoms with Crippen LogP contribution in [0.3, 0.4) is 0 Å². The number of carbonyl (C=O) groups is 1. The van der Waals surface area contributed by atoms with Gasteiger partial charge < -0.3 is 23.7 Å². The first kappa shape index (κ1) is 25.2. The number of benzene rings is 1. The van der Waals surface area contributed by atoms with Gasteiger partial charge in [0, 0.05) is 5.56 Å². The molecule has 5 rings (SSSR count). The van der Waals surface area contributed by atoms with Crippen molar-refractivity contribution in [3.05, 3.63) is 40.5 Å². The Morgan fingerprint density at radius 1 is 1.11 bits per heavy atom. The molecule has 1 spiro atoms. The van der Waals surface area contributed by atoms with E-state index in [1.54, 1.807) is 13.8 Å². The van der Waals surface area contributed by atoms with Crippen molar-refractivity contribution < 1.29 is 41.7 Å². The van der Waals surface area contributed by atoms with E-state index in [2.05, 4.69) is 20.3 Å². The van der Waals surface area contributed by atoms with Crippen LogP contribution in [-0.4, -0.2) is 54.1 Å². The average Bonchev–Trinajstić information content (AvgIpc) is 3.29. The topological polar surface area (TPSA) is 114 Å². The number of nitrogens with one attached hydrogen (secondary N) is 1. The van der Waals surface area contributed by atoms with Crippen LogP contribution in [0.5, 0.6) is 17.5 Å². The van der Waals surface area contributed by atoms with Crippen molar-refractivity contribution in [3.63, 3.8) is 0 Å². The van der Waals surface area contributed by atoms with Crippen LogP contribution in [0.25, 0.3) is 11.3 Å². The van der Waals surface area contributed by atoms with Crippen molar-refractivity contribution in [2.24, 2.45) is 0 Å². The minimum absolute atomic E-state index is 0.00750. The molecule has 2 aromatic heterocycles. The third kappa shape index (κ3) is 4.45. The van der Waals surface area contributed by atoms with Crippen LogP contribution in [0.15, 0.2) is 24.5 Å². The van der Waals surface area contributed by atoms with Gasteiger partial charge in [0.1, 0.15) is 12.1 Å². The van der Waals surface area contributed by atoms with Crippen molar-refractivity contribution in [1.82, 2.24) is 15.0 Å². The monoisotopic (exact) mass is 538 g/mol. The van der Waals surface area contributed by atoms with E-state index >= 15 is 0 Å². The molecule has 14 heteroatoms. The third-order valence-corrected chi connectivity index (χ3v) is 6.98. The van der Waals surface area contributed by atoms with Crippen molar-refractivity contribution >= 4 is 22.4 Å². The number of carbonyl (C=O) groups excluding carboxylic acids is 1. The molecule has 0 unspecified atom stereocenters. The van der Waals surface area contributed by atoms with Gasteiger partial charge in [0.25, 0.3) is 5.91 Å². The van der Waals surface area contributed by atoms with Gasteiger partial charge in [-0.1, -0.05) is 11.3 Å². The lowest BCUT2D eigenvalue weighted by atomic mass is 9.93. The number of hydrogen-bond acceptors (Lipinski definition) is 10. The lowest BCUT2D eigenvalue weighted by Gasteiger charge is -2.44.